The third kappa shape index (κ3) is 2.65. The van der Waals surface area contributed by atoms with Crippen LogP contribution in [-0.4, -0.2) is 14.7 Å². The molecule has 0 bridgehead atoms. The molecule has 0 saturated heterocycles. The van der Waals surface area contributed by atoms with E-state index in [2.05, 4.69) is 4.98 Å². The van der Waals surface area contributed by atoms with Crippen molar-refractivity contribution in [3.63, 3.8) is 0 Å². The first-order valence-corrected chi connectivity index (χ1v) is 5.55. The molecule has 1 heterocycles. The lowest BCUT2D eigenvalue weighted by Crippen LogP contribution is -2.08. The van der Waals surface area contributed by atoms with E-state index in [4.69, 9.17) is 11.6 Å². The Morgan fingerprint density at radius 2 is 2.29 bits per heavy atom. The molecule has 2 rings (SSSR count). The highest BCUT2D eigenvalue weighted by molar-refractivity contribution is 6.30. The first-order valence-electron chi connectivity index (χ1n) is 5.17. The molecular weight excluding hydrogens is 243 g/mol. The summed E-state index contributed by atoms with van der Waals surface area (Å²) in [5.41, 5.74) is 0.234. The second-order valence-electron chi connectivity index (χ2n) is 3.84. The van der Waals surface area contributed by atoms with Gasteiger partial charge in [-0.3, -0.25) is 0 Å². The Kier molecular flexibility index (Phi) is 3.45. The molecule has 0 spiro atoms. The second kappa shape index (κ2) is 4.85. The van der Waals surface area contributed by atoms with Crippen LogP contribution in [0.25, 0.3) is 0 Å². The van der Waals surface area contributed by atoms with Crippen LogP contribution in [0.4, 0.5) is 4.39 Å². The lowest BCUT2D eigenvalue weighted by molar-refractivity contribution is 0.170. The minimum absolute atomic E-state index is 0.234. The SMILES string of the molecule is Cn1ccnc1CC(O)c1ccc(Cl)cc1F. The molecule has 2 aromatic rings. The summed E-state index contributed by atoms with van der Waals surface area (Å²) in [5, 5.41) is 10.3. The minimum atomic E-state index is -0.923. The van der Waals surface area contributed by atoms with Crippen LogP contribution in [0.2, 0.25) is 5.02 Å². The van der Waals surface area contributed by atoms with Crippen molar-refractivity contribution in [2.45, 2.75) is 12.5 Å². The van der Waals surface area contributed by atoms with Crippen LogP contribution in [0.1, 0.15) is 17.5 Å². The number of hydrogen-bond donors (Lipinski definition) is 1. The standard InChI is InChI=1S/C12H12ClFN2O/c1-16-5-4-15-12(16)7-11(17)9-3-2-8(13)6-10(9)14/h2-6,11,17H,7H2,1H3. The zero-order valence-electron chi connectivity index (χ0n) is 9.27. The van der Waals surface area contributed by atoms with Crippen LogP contribution >= 0.6 is 11.6 Å². The number of halogens is 2. The third-order valence-electron chi connectivity index (χ3n) is 2.62. The number of aromatic nitrogens is 2. The number of hydrogen-bond acceptors (Lipinski definition) is 2. The zero-order chi connectivity index (χ0) is 12.4. The van der Waals surface area contributed by atoms with Gasteiger partial charge in [0.1, 0.15) is 11.6 Å². The fourth-order valence-electron chi connectivity index (χ4n) is 1.65. The van der Waals surface area contributed by atoms with Crippen molar-refractivity contribution in [1.82, 2.24) is 9.55 Å². The van der Waals surface area contributed by atoms with Gasteiger partial charge < -0.3 is 9.67 Å². The lowest BCUT2D eigenvalue weighted by Gasteiger charge is -2.12. The number of aryl methyl sites for hydroxylation is 1. The average molecular weight is 255 g/mol. The number of imidazole rings is 1. The van der Waals surface area contributed by atoms with Gasteiger partial charge in [0.25, 0.3) is 0 Å². The van der Waals surface area contributed by atoms with Crippen molar-refractivity contribution in [2.75, 3.05) is 0 Å². The van der Waals surface area contributed by atoms with Gasteiger partial charge in [-0.25, -0.2) is 9.37 Å². The first kappa shape index (κ1) is 12.1. The molecule has 1 unspecified atom stereocenters. The predicted octanol–water partition coefficient (Wildman–Crippen LogP) is 2.49. The van der Waals surface area contributed by atoms with Gasteiger partial charge in [0.15, 0.2) is 0 Å². The van der Waals surface area contributed by atoms with E-state index in [1.54, 1.807) is 23.0 Å². The highest BCUT2D eigenvalue weighted by atomic mass is 35.5. The number of aliphatic hydroxyl groups excluding tert-OH is 1. The molecule has 1 N–H and O–H groups in total. The maximum absolute atomic E-state index is 13.6. The van der Waals surface area contributed by atoms with Gasteiger partial charge in [0.2, 0.25) is 0 Å². The molecule has 0 fully saturated rings. The number of rotatable bonds is 3. The van der Waals surface area contributed by atoms with Crippen molar-refractivity contribution in [2.24, 2.45) is 7.05 Å². The van der Waals surface area contributed by atoms with Gasteiger partial charge >= 0.3 is 0 Å². The molecule has 0 radical (unpaired) electrons. The summed E-state index contributed by atoms with van der Waals surface area (Å²) >= 11 is 5.65. The topological polar surface area (TPSA) is 38.0 Å². The first-order chi connectivity index (χ1) is 8.08. The maximum atomic E-state index is 13.6. The summed E-state index contributed by atoms with van der Waals surface area (Å²) in [4.78, 5) is 4.08. The van der Waals surface area contributed by atoms with Gasteiger partial charge in [0, 0.05) is 36.4 Å². The van der Waals surface area contributed by atoms with Crippen LogP contribution in [0.5, 0.6) is 0 Å². The van der Waals surface area contributed by atoms with Crippen molar-refractivity contribution in [3.8, 4) is 0 Å². The molecule has 3 nitrogen and oxygen atoms in total. The highest BCUT2D eigenvalue weighted by Crippen LogP contribution is 2.23. The normalized spacial score (nSPS) is 12.7. The molecule has 1 aromatic carbocycles. The number of nitrogens with zero attached hydrogens (tertiary/aromatic N) is 2. The van der Waals surface area contributed by atoms with E-state index < -0.39 is 11.9 Å². The van der Waals surface area contributed by atoms with Crippen molar-refractivity contribution < 1.29 is 9.50 Å². The summed E-state index contributed by atoms with van der Waals surface area (Å²) in [5.74, 6) is 0.200. The molecule has 0 amide bonds. The molecule has 0 saturated carbocycles. The Morgan fingerprint density at radius 1 is 1.53 bits per heavy atom. The van der Waals surface area contributed by atoms with Gasteiger partial charge in [-0.1, -0.05) is 17.7 Å². The molecule has 90 valence electrons. The Morgan fingerprint density at radius 3 is 2.88 bits per heavy atom. The van der Waals surface area contributed by atoms with Gasteiger partial charge in [-0.15, -0.1) is 0 Å². The average Bonchev–Trinajstić information content (AvgIpc) is 2.64. The molecule has 5 heteroatoms. The summed E-state index contributed by atoms with van der Waals surface area (Å²) in [7, 11) is 1.83. The smallest absolute Gasteiger partial charge is 0.130 e. The lowest BCUT2D eigenvalue weighted by atomic mass is 10.1. The molecular formula is C12H12ClFN2O. The quantitative estimate of drug-likeness (QED) is 0.914. The number of benzene rings is 1. The van der Waals surface area contributed by atoms with Gasteiger partial charge in [-0.05, 0) is 12.1 Å². The van der Waals surface area contributed by atoms with E-state index >= 15 is 0 Å². The Labute approximate surface area is 103 Å². The van der Waals surface area contributed by atoms with E-state index in [9.17, 15) is 9.50 Å². The highest BCUT2D eigenvalue weighted by Gasteiger charge is 2.15. The molecule has 1 atom stereocenters. The molecule has 0 aliphatic carbocycles. The predicted molar refractivity (Wildman–Crippen MR) is 63.3 cm³/mol. The third-order valence-corrected chi connectivity index (χ3v) is 2.85. The van der Waals surface area contributed by atoms with E-state index in [-0.39, 0.29) is 12.0 Å². The monoisotopic (exact) mass is 254 g/mol. The number of aliphatic hydroxyl groups is 1. The summed E-state index contributed by atoms with van der Waals surface area (Å²) < 4.78 is 15.3. The molecule has 1 aromatic heterocycles. The molecule has 17 heavy (non-hydrogen) atoms. The van der Waals surface area contributed by atoms with Crippen molar-refractivity contribution >= 4 is 11.6 Å². The van der Waals surface area contributed by atoms with Crippen LogP contribution in [-0.2, 0) is 13.5 Å². The van der Waals surface area contributed by atoms with E-state index in [1.807, 2.05) is 7.05 Å². The Bertz CT molecular complexity index is 527. The Hall–Kier alpha value is -1.39. The maximum Gasteiger partial charge on any atom is 0.130 e. The van der Waals surface area contributed by atoms with Crippen molar-refractivity contribution in [3.05, 3.63) is 52.8 Å². The fraction of sp³-hybridized carbons (Fsp3) is 0.250. The minimum Gasteiger partial charge on any atom is -0.388 e. The van der Waals surface area contributed by atoms with Gasteiger partial charge in [0.05, 0.1) is 6.10 Å². The van der Waals surface area contributed by atoms with E-state index in [0.29, 0.717) is 10.8 Å². The largest absolute Gasteiger partial charge is 0.388 e. The second-order valence-corrected chi connectivity index (χ2v) is 4.28. The van der Waals surface area contributed by atoms with Crippen LogP contribution < -0.4 is 0 Å². The van der Waals surface area contributed by atoms with E-state index in [1.165, 1.54) is 12.1 Å². The van der Waals surface area contributed by atoms with Gasteiger partial charge in [-0.2, -0.15) is 0 Å². The molecule has 0 aliphatic heterocycles. The van der Waals surface area contributed by atoms with Crippen molar-refractivity contribution in [1.29, 1.82) is 0 Å². The fourth-order valence-corrected chi connectivity index (χ4v) is 1.81. The Balaban J connectivity index is 2.20. The molecule has 0 aliphatic rings. The van der Waals surface area contributed by atoms with E-state index in [0.717, 1.165) is 0 Å². The summed E-state index contributed by atoms with van der Waals surface area (Å²) in [6.07, 6.45) is 2.76. The summed E-state index contributed by atoms with van der Waals surface area (Å²) in [6, 6.07) is 4.24. The van der Waals surface area contributed by atoms with Crippen LogP contribution in [0.15, 0.2) is 30.6 Å². The summed E-state index contributed by atoms with van der Waals surface area (Å²) in [6.45, 7) is 0. The van der Waals surface area contributed by atoms with Crippen LogP contribution in [0.3, 0.4) is 0 Å². The van der Waals surface area contributed by atoms with Crippen LogP contribution in [0, 0.1) is 5.82 Å². The zero-order valence-corrected chi connectivity index (χ0v) is 10.0.